The smallest absolute Gasteiger partial charge is 0.291 e. The number of rotatable bonds is 9. The topological polar surface area (TPSA) is 103 Å². The number of imidazole rings is 1. The fraction of sp³-hybridized carbons (Fsp3) is 0.333. The number of hydrogen-bond donors (Lipinski definition) is 2. The summed E-state index contributed by atoms with van der Waals surface area (Å²) in [6.45, 7) is 4.30. The first-order valence-electron chi connectivity index (χ1n) is 9.60. The first kappa shape index (κ1) is 23.4. The number of nitrogens with zero attached hydrogens (tertiary/aromatic N) is 3. The standard InChI is InChI=1S/C21H25N5O2S3/c1-21(2,31-29-4)10-9-16(27)20-24-15(12-30-20)13-5-7-14(8-6-13)23-19(28)18-25-17(22)11-26(18)3/h5-8,11-12H,9-10,22H2,1-4H3,(H,23,28). The third kappa shape index (κ3) is 6.11. The van der Waals surface area contributed by atoms with Gasteiger partial charge in [-0.3, -0.25) is 9.59 Å². The van der Waals surface area contributed by atoms with Crippen LogP contribution in [-0.2, 0) is 7.05 Å². The van der Waals surface area contributed by atoms with E-state index in [-0.39, 0.29) is 22.3 Å². The highest BCUT2D eigenvalue weighted by Gasteiger charge is 2.21. The van der Waals surface area contributed by atoms with Gasteiger partial charge >= 0.3 is 0 Å². The number of amides is 1. The Balaban J connectivity index is 1.63. The van der Waals surface area contributed by atoms with E-state index in [9.17, 15) is 9.59 Å². The van der Waals surface area contributed by atoms with E-state index in [1.165, 1.54) is 11.3 Å². The van der Waals surface area contributed by atoms with Gasteiger partial charge in [-0.15, -0.1) is 11.3 Å². The highest BCUT2D eigenvalue weighted by atomic mass is 33.1. The predicted molar refractivity (Wildman–Crippen MR) is 132 cm³/mol. The second-order valence-corrected chi connectivity index (χ2v) is 11.6. The molecule has 7 nitrogen and oxygen atoms in total. The summed E-state index contributed by atoms with van der Waals surface area (Å²) >= 11 is 1.37. The van der Waals surface area contributed by atoms with Gasteiger partial charge in [0, 0.05) is 41.0 Å². The average Bonchev–Trinajstić information content (AvgIpc) is 3.33. The maximum Gasteiger partial charge on any atom is 0.291 e. The molecule has 0 saturated heterocycles. The van der Waals surface area contributed by atoms with Crippen LogP contribution in [0.15, 0.2) is 35.8 Å². The van der Waals surface area contributed by atoms with Crippen molar-refractivity contribution in [2.45, 2.75) is 31.4 Å². The lowest BCUT2D eigenvalue weighted by molar-refractivity contribution is 0.0975. The molecule has 1 aromatic carbocycles. The molecular formula is C21H25N5O2S3. The van der Waals surface area contributed by atoms with Crippen LogP contribution in [-0.4, -0.2) is 37.2 Å². The molecule has 3 aromatic rings. The molecule has 10 heteroatoms. The van der Waals surface area contributed by atoms with Gasteiger partial charge < -0.3 is 15.6 Å². The Labute approximate surface area is 193 Å². The van der Waals surface area contributed by atoms with Gasteiger partial charge in [-0.25, -0.2) is 9.97 Å². The summed E-state index contributed by atoms with van der Waals surface area (Å²) in [7, 11) is 5.22. The summed E-state index contributed by atoms with van der Waals surface area (Å²) in [6, 6.07) is 7.32. The van der Waals surface area contributed by atoms with Crippen LogP contribution in [0.3, 0.4) is 0 Å². The molecule has 2 heterocycles. The summed E-state index contributed by atoms with van der Waals surface area (Å²) < 4.78 is 1.63. The SMILES string of the molecule is CSSC(C)(C)CCC(=O)c1nc(-c2ccc(NC(=O)c3nc(N)cn3C)cc2)cs1. The van der Waals surface area contributed by atoms with E-state index in [0.29, 0.717) is 22.9 Å². The molecule has 3 N–H and O–H groups in total. The minimum Gasteiger partial charge on any atom is -0.382 e. The Morgan fingerprint density at radius 3 is 2.55 bits per heavy atom. The number of ketones is 1. The number of aromatic nitrogens is 3. The molecule has 0 fully saturated rings. The maximum atomic E-state index is 12.5. The van der Waals surface area contributed by atoms with Crippen LogP contribution in [0.1, 0.15) is 47.1 Å². The molecule has 2 aromatic heterocycles. The number of nitrogens with one attached hydrogen (secondary N) is 1. The van der Waals surface area contributed by atoms with Gasteiger partial charge in [0.05, 0.1) is 5.69 Å². The normalized spacial score (nSPS) is 11.5. The van der Waals surface area contributed by atoms with E-state index in [4.69, 9.17) is 5.73 Å². The summed E-state index contributed by atoms with van der Waals surface area (Å²) in [6.07, 6.45) is 4.92. The number of aryl methyl sites for hydroxylation is 1. The van der Waals surface area contributed by atoms with Crippen molar-refractivity contribution in [1.82, 2.24) is 14.5 Å². The highest BCUT2D eigenvalue weighted by Crippen LogP contribution is 2.37. The number of benzene rings is 1. The highest BCUT2D eigenvalue weighted by molar-refractivity contribution is 8.76. The quantitative estimate of drug-likeness (QED) is 0.327. The van der Waals surface area contributed by atoms with Gasteiger partial charge in [0.1, 0.15) is 5.82 Å². The predicted octanol–water partition coefficient (Wildman–Crippen LogP) is 5.13. The Hall–Kier alpha value is -2.30. The Morgan fingerprint density at radius 2 is 1.94 bits per heavy atom. The lowest BCUT2D eigenvalue weighted by atomic mass is 10.1. The van der Waals surface area contributed by atoms with Crippen LogP contribution in [0.4, 0.5) is 11.5 Å². The van der Waals surface area contributed by atoms with Crippen molar-refractivity contribution in [3.05, 3.63) is 46.7 Å². The van der Waals surface area contributed by atoms with Crippen molar-refractivity contribution in [2.24, 2.45) is 7.05 Å². The molecule has 0 spiro atoms. The van der Waals surface area contributed by atoms with Crippen LogP contribution in [0.25, 0.3) is 11.3 Å². The number of nitrogens with two attached hydrogens (primary N) is 1. The van der Waals surface area contributed by atoms with E-state index < -0.39 is 0 Å². The molecule has 0 bridgehead atoms. The minimum atomic E-state index is -0.337. The van der Waals surface area contributed by atoms with Gasteiger partial charge in [-0.1, -0.05) is 33.7 Å². The number of thiazole rings is 1. The van der Waals surface area contributed by atoms with Crippen LogP contribution in [0.2, 0.25) is 0 Å². The molecule has 164 valence electrons. The van der Waals surface area contributed by atoms with E-state index in [2.05, 4.69) is 29.1 Å². The first-order valence-corrected chi connectivity index (χ1v) is 13.0. The monoisotopic (exact) mass is 475 g/mol. The zero-order valence-electron chi connectivity index (χ0n) is 17.8. The lowest BCUT2D eigenvalue weighted by Crippen LogP contribution is -2.16. The summed E-state index contributed by atoms with van der Waals surface area (Å²) in [5.74, 6) is 0.270. The molecule has 3 rings (SSSR count). The van der Waals surface area contributed by atoms with Gasteiger partial charge in [-0.2, -0.15) is 0 Å². The maximum absolute atomic E-state index is 12.5. The molecule has 31 heavy (non-hydrogen) atoms. The molecule has 0 radical (unpaired) electrons. The summed E-state index contributed by atoms with van der Waals surface area (Å²) in [5, 5.41) is 5.22. The van der Waals surface area contributed by atoms with Crippen molar-refractivity contribution in [3.63, 3.8) is 0 Å². The van der Waals surface area contributed by atoms with Gasteiger partial charge in [0.25, 0.3) is 5.91 Å². The number of anilines is 2. The summed E-state index contributed by atoms with van der Waals surface area (Å²) in [5.41, 5.74) is 7.90. The van der Waals surface area contributed by atoms with Crippen LogP contribution < -0.4 is 11.1 Å². The Bertz CT molecular complexity index is 1070. The fourth-order valence-corrected chi connectivity index (χ4v) is 5.97. The molecule has 0 saturated carbocycles. The molecule has 0 atom stereocenters. The van der Waals surface area contributed by atoms with E-state index in [1.807, 2.05) is 23.8 Å². The van der Waals surface area contributed by atoms with E-state index in [1.54, 1.807) is 51.5 Å². The average molecular weight is 476 g/mol. The van der Waals surface area contributed by atoms with Gasteiger partial charge in [0.15, 0.2) is 10.8 Å². The van der Waals surface area contributed by atoms with Crippen LogP contribution in [0, 0.1) is 0 Å². The molecule has 0 aliphatic carbocycles. The number of nitrogen functional groups attached to an aromatic ring is 1. The molecule has 0 unspecified atom stereocenters. The lowest BCUT2D eigenvalue weighted by Gasteiger charge is -2.21. The molecule has 1 amide bonds. The third-order valence-corrected chi connectivity index (χ3v) is 8.10. The van der Waals surface area contributed by atoms with Crippen molar-refractivity contribution in [2.75, 3.05) is 17.3 Å². The fourth-order valence-electron chi connectivity index (χ4n) is 2.93. The van der Waals surface area contributed by atoms with Crippen molar-refractivity contribution in [3.8, 4) is 11.3 Å². The molecule has 0 aliphatic heterocycles. The zero-order valence-corrected chi connectivity index (χ0v) is 20.3. The number of hydrogen-bond acceptors (Lipinski definition) is 8. The Kier molecular flexibility index (Phi) is 7.45. The van der Waals surface area contributed by atoms with Gasteiger partial charge in [0.2, 0.25) is 5.82 Å². The number of carbonyl (C=O) groups is 2. The minimum absolute atomic E-state index is 0.0517. The summed E-state index contributed by atoms with van der Waals surface area (Å²) in [4.78, 5) is 33.4. The number of Topliss-reactive ketones (excluding diaryl/α,β-unsaturated/α-hetero) is 1. The van der Waals surface area contributed by atoms with Gasteiger partial charge in [-0.05, 0) is 38.7 Å². The van der Waals surface area contributed by atoms with Crippen LogP contribution >= 0.6 is 32.9 Å². The van der Waals surface area contributed by atoms with E-state index in [0.717, 1.165) is 17.7 Å². The van der Waals surface area contributed by atoms with Crippen molar-refractivity contribution >= 4 is 56.1 Å². The van der Waals surface area contributed by atoms with Crippen molar-refractivity contribution in [1.29, 1.82) is 0 Å². The van der Waals surface area contributed by atoms with Crippen molar-refractivity contribution < 1.29 is 9.59 Å². The number of carbonyl (C=O) groups excluding carboxylic acids is 2. The second-order valence-electron chi connectivity index (χ2n) is 7.60. The van der Waals surface area contributed by atoms with Crippen LogP contribution in [0.5, 0.6) is 0 Å². The Morgan fingerprint density at radius 1 is 1.23 bits per heavy atom. The molecular weight excluding hydrogens is 450 g/mol. The van der Waals surface area contributed by atoms with E-state index >= 15 is 0 Å². The first-order chi connectivity index (χ1) is 14.7. The third-order valence-electron chi connectivity index (χ3n) is 4.54. The second kappa shape index (κ2) is 9.88. The zero-order chi connectivity index (χ0) is 22.6. The largest absolute Gasteiger partial charge is 0.382 e. The molecule has 0 aliphatic rings.